The maximum atomic E-state index is 12.2. The zero-order chi connectivity index (χ0) is 15.6. The number of aliphatic carboxylic acids is 1. The Labute approximate surface area is 124 Å². The van der Waals surface area contributed by atoms with E-state index in [4.69, 9.17) is 14.6 Å². The van der Waals surface area contributed by atoms with Gasteiger partial charge in [-0.1, -0.05) is 0 Å². The third kappa shape index (κ3) is 4.31. The van der Waals surface area contributed by atoms with Crippen molar-refractivity contribution >= 4 is 12.0 Å². The zero-order valence-electron chi connectivity index (χ0n) is 12.8. The number of nitrogens with one attached hydrogen (secondary N) is 1. The standard InChI is InChI=1S/C14H24N2O5/c1-9-7-16(8-14(2,3)21-9)13(19)15-6-10-4-5-11(20-10)12(17)18/h9-11H,4-8H2,1-3H3,(H,15,19)(H,17,18). The summed E-state index contributed by atoms with van der Waals surface area (Å²) in [5.74, 6) is -0.937. The van der Waals surface area contributed by atoms with Crippen molar-refractivity contribution in [2.45, 2.75) is 57.5 Å². The number of nitrogens with zero attached hydrogens (tertiary/aromatic N) is 1. The van der Waals surface area contributed by atoms with Crippen LogP contribution < -0.4 is 5.32 Å². The minimum Gasteiger partial charge on any atom is -0.479 e. The second-order valence-electron chi connectivity index (χ2n) is 6.42. The van der Waals surface area contributed by atoms with Crippen LogP contribution in [0.3, 0.4) is 0 Å². The fourth-order valence-electron chi connectivity index (χ4n) is 2.96. The van der Waals surface area contributed by atoms with E-state index in [2.05, 4.69) is 5.32 Å². The van der Waals surface area contributed by atoms with Gasteiger partial charge in [-0.3, -0.25) is 0 Å². The van der Waals surface area contributed by atoms with Crippen LogP contribution >= 0.6 is 0 Å². The van der Waals surface area contributed by atoms with Crippen molar-refractivity contribution in [1.82, 2.24) is 10.2 Å². The lowest BCUT2D eigenvalue weighted by molar-refractivity contribution is -0.149. The summed E-state index contributed by atoms with van der Waals surface area (Å²) >= 11 is 0. The van der Waals surface area contributed by atoms with Crippen molar-refractivity contribution < 1.29 is 24.2 Å². The van der Waals surface area contributed by atoms with Crippen LogP contribution in [0.25, 0.3) is 0 Å². The highest BCUT2D eigenvalue weighted by Gasteiger charge is 2.35. The smallest absolute Gasteiger partial charge is 0.332 e. The molecule has 2 heterocycles. The van der Waals surface area contributed by atoms with Gasteiger partial charge in [-0.2, -0.15) is 0 Å². The highest BCUT2D eigenvalue weighted by molar-refractivity contribution is 5.74. The van der Waals surface area contributed by atoms with Gasteiger partial charge in [0, 0.05) is 13.1 Å². The van der Waals surface area contributed by atoms with Gasteiger partial charge in [0.05, 0.1) is 24.4 Å². The number of urea groups is 1. The number of carboxylic acid groups (broad SMARTS) is 1. The van der Waals surface area contributed by atoms with E-state index in [0.717, 1.165) is 0 Å². The molecule has 0 aromatic heterocycles. The summed E-state index contributed by atoms with van der Waals surface area (Å²) in [5, 5.41) is 11.7. The van der Waals surface area contributed by atoms with Crippen LogP contribution in [0.15, 0.2) is 0 Å². The highest BCUT2D eigenvalue weighted by atomic mass is 16.5. The maximum Gasteiger partial charge on any atom is 0.332 e. The van der Waals surface area contributed by atoms with E-state index in [-0.39, 0.29) is 23.8 Å². The van der Waals surface area contributed by atoms with Crippen LogP contribution in [0, 0.1) is 0 Å². The molecule has 2 amide bonds. The lowest BCUT2D eigenvalue weighted by Gasteiger charge is -2.41. The number of hydrogen-bond donors (Lipinski definition) is 2. The number of carboxylic acids is 1. The number of carbonyl (C=O) groups is 2. The van der Waals surface area contributed by atoms with Gasteiger partial charge >= 0.3 is 12.0 Å². The molecule has 2 rings (SSSR count). The number of amides is 2. The van der Waals surface area contributed by atoms with Gasteiger partial charge in [-0.05, 0) is 33.6 Å². The van der Waals surface area contributed by atoms with Crippen molar-refractivity contribution in [3.05, 3.63) is 0 Å². The summed E-state index contributed by atoms with van der Waals surface area (Å²) in [6, 6.07) is -0.152. The first-order valence-electron chi connectivity index (χ1n) is 7.36. The zero-order valence-corrected chi connectivity index (χ0v) is 12.8. The molecule has 7 nitrogen and oxygen atoms in total. The topological polar surface area (TPSA) is 88.1 Å². The van der Waals surface area contributed by atoms with Gasteiger partial charge in [0.2, 0.25) is 0 Å². The Morgan fingerprint density at radius 3 is 2.67 bits per heavy atom. The van der Waals surface area contributed by atoms with E-state index >= 15 is 0 Å². The molecule has 2 fully saturated rings. The summed E-state index contributed by atoms with van der Waals surface area (Å²) in [6.45, 7) is 7.29. The Bertz CT molecular complexity index is 412. The molecule has 2 saturated heterocycles. The van der Waals surface area contributed by atoms with E-state index < -0.39 is 12.1 Å². The largest absolute Gasteiger partial charge is 0.479 e. The molecule has 3 atom stereocenters. The molecule has 0 bridgehead atoms. The van der Waals surface area contributed by atoms with E-state index in [9.17, 15) is 9.59 Å². The van der Waals surface area contributed by atoms with Crippen molar-refractivity contribution in [1.29, 1.82) is 0 Å². The van der Waals surface area contributed by atoms with Gasteiger partial charge in [0.25, 0.3) is 0 Å². The average Bonchev–Trinajstić information content (AvgIpc) is 2.82. The lowest BCUT2D eigenvalue weighted by atomic mass is 10.1. The molecule has 0 aliphatic carbocycles. The van der Waals surface area contributed by atoms with E-state index in [1.165, 1.54) is 0 Å². The summed E-state index contributed by atoms with van der Waals surface area (Å²) in [6.07, 6.45) is 0.189. The Kier molecular flexibility index (Phi) is 4.73. The lowest BCUT2D eigenvalue weighted by Crippen LogP contribution is -2.56. The predicted octanol–water partition coefficient (Wildman–Crippen LogP) is 0.827. The normalized spacial score (nSPS) is 32.0. The van der Waals surface area contributed by atoms with Crippen molar-refractivity contribution in [2.75, 3.05) is 19.6 Å². The number of carbonyl (C=O) groups excluding carboxylic acids is 1. The van der Waals surface area contributed by atoms with E-state index in [0.29, 0.717) is 32.5 Å². The predicted molar refractivity (Wildman–Crippen MR) is 75.1 cm³/mol. The van der Waals surface area contributed by atoms with Gasteiger partial charge < -0.3 is 24.8 Å². The molecule has 7 heteroatoms. The Morgan fingerprint density at radius 2 is 2.10 bits per heavy atom. The second kappa shape index (κ2) is 6.19. The van der Waals surface area contributed by atoms with E-state index in [1.807, 2.05) is 20.8 Å². The van der Waals surface area contributed by atoms with Gasteiger partial charge in [0.1, 0.15) is 0 Å². The van der Waals surface area contributed by atoms with Crippen LogP contribution in [-0.4, -0.2) is 65.6 Å². The summed E-state index contributed by atoms with van der Waals surface area (Å²) in [4.78, 5) is 24.7. The molecule has 120 valence electrons. The third-order valence-electron chi connectivity index (χ3n) is 3.72. The fraction of sp³-hybridized carbons (Fsp3) is 0.857. The molecule has 0 radical (unpaired) electrons. The second-order valence-corrected chi connectivity index (χ2v) is 6.42. The Balaban J connectivity index is 1.78. The van der Waals surface area contributed by atoms with Crippen LogP contribution in [-0.2, 0) is 14.3 Å². The summed E-state index contributed by atoms with van der Waals surface area (Å²) in [7, 11) is 0. The third-order valence-corrected chi connectivity index (χ3v) is 3.72. The summed E-state index contributed by atoms with van der Waals surface area (Å²) in [5.41, 5.74) is -0.354. The quantitative estimate of drug-likeness (QED) is 0.806. The van der Waals surface area contributed by atoms with Crippen LogP contribution in [0.2, 0.25) is 0 Å². The summed E-state index contributed by atoms with van der Waals surface area (Å²) < 4.78 is 11.1. The van der Waals surface area contributed by atoms with Crippen LogP contribution in [0.4, 0.5) is 4.79 Å². The first kappa shape index (κ1) is 16.0. The van der Waals surface area contributed by atoms with Gasteiger partial charge in [-0.15, -0.1) is 0 Å². The monoisotopic (exact) mass is 300 g/mol. The molecule has 0 spiro atoms. The number of morpholine rings is 1. The number of hydrogen-bond acceptors (Lipinski definition) is 4. The molecular weight excluding hydrogens is 276 g/mol. The van der Waals surface area contributed by atoms with Crippen LogP contribution in [0.5, 0.6) is 0 Å². The Hall–Kier alpha value is -1.34. The molecule has 2 aliphatic rings. The fourth-order valence-corrected chi connectivity index (χ4v) is 2.96. The minimum absolute atomic E-state index is 0.00128. The van der Waals surface area contributed by atoms with Gasteiger partial charge in [0.15, 0.2) is 6.10 Å². The van der Waals surface area contributed by atoms with E-state index in [1.54, 1.807) is 4.90 Å². The van der Waals surface area contributed by atoms with Crippen molar-refractivity contribution in [3.63, 3.8) is 0 Å². The average molecular weight is 300 g/mol. The maximum absolute atomic E-state index is 12.2. The van der Waals surface area contributed by atoms with Gasteiger partial charge in [-0.25, -0.2) is 9.59 Å². The molecule has 0 aromatic carbocycles. The first-order chi connectivity index (χ1) is 9.77. The molecule has 3 unspecified atom stereocenters. The SMILES string of the molecule is CC1CN(C(=O)NCC2CCC(C(=O)O)O2)CC(C)(C)O1. The minimum atomic E-state index is -0.937. The highest BCUT2D eigenvalue weighted by Crippen LogP contribution is 2.21. The molecule has 0 saturated carbocycles. The number of ether oxygens (including phenoxy) is 2. The molecule has 0 aromatic rings. The van der Waals surface area contributed by atoms with Crippen molar-refractivity contribution in [3.8, 4) is 0 Å². The number of rotatable bonds is 3. The molecular formula is C14H24N2O5. The Morgan fingerprint density at radius 1 is 1.38 bits per heavy atom. The van der Waals surface area contributed by atoms with Crippen LogP contribution in [0.1, 0.15) is 33.6 Å². The molecule has 2 aliphatic heterocycles. The van der Waals surface area contributed by atoms with Crippen molar-refractivity contribution in [2.24, 2.45) is 0 Å². The molecule has 21 heavy (non-hydrogen) atoms. The first-order valence-corrected chi connectivity index (χ1v) is 7.36. The molecule has 2 N–H and O–H groups in total.